The van der Waals surface area contributed by atoms with Crippen LogP contribution in [-0.2, 0) is 90.1 Å². The molecule has 0 amide bonds. The fourth-order valence-electron chi connectivity index (χ4n) is 4.33. The summed E-state index contributed by atoms with van der Waals surface area (Å²) in [4.78, 5) is 16.0. The average Bonchev–Trinajstić information content (AvgIpc) is 3.35. The molecular weight excluding hydrogens is 957 g/mol. The Hall–Kier alpha value is -1.73. The summed E-state index contributed by atoms with van der Waals surface area (Å²) in [6.07, 6.45) is 0. The van der Waals surface area contributed by atoms with E-state index in [1.807, 2.05) is 0 Å². The molecule has 25 nitrogen and oxygen atoms in total. The van der Waals surface area contributed by atoms with Gasteiger partial charge in [0.2, 0.25) is 0 Å². The fourth-order valence-corrected chi connectivity index (χ4v) is 4.95. The van der Waals surface area contributed by atoms with Crippen LogP contribution in [0, 0.1) is 0 Å². The Kier molecular flexibility index (Phi) is 68.7. The van der Waals surface area contributed by atoms with Gasteiger partial charge in [-0.3, -0.25) is 4.79 Å². The molecular formula is C42H84N6O19S2. The van der Waals surface area contributed by atoms with Crippen LogP contribution in [0.2, 0.25) is 0 Å². The molecule has 0 heterocycles. The van der Waals surface area contributed by atoms with Crippen LogP contribution in [0.1, 0.15) is 6.92 Å². The first-order valence-corrected chi connectivity index (χ1v) is 25.0. The standard InChI is InChI=1S/C22H43N3O10S.C20H41N3O9S/c1-22(26)36-21-20-35-19-18-34-17-16-33-15-14-32-13-12-31-11-10-30-9-8-29-7-6-28-5-4-27-3-2-24-25-23;21-23-22-1-2-24-3-4-25-5-6-26-7-8-27-9-10-28-11-12-29-13-14-30-15-16-31-17-18-32-19-20-33/h2-21H2,1H3;33H,1-20H2. The van der Waals surface area contributed by atoms with Gasteiger partial charge >= 0.3 is 0 Å². The number of thioether (sulfide) groups is 1. The van der Waals surface area contributed by atoms with Crippen LogP contribution in [0.3, 0.4) is 0 Å². The van der Waals surface area contributed by atoms with Crippen LogP contribution in [0.4, 0.5) is 0 Å². The summed E-state index contributed by atoms with van der Waals surface area (Å²) in [7, 11) is 0. The Morgan fingerprint density at radius 2 is 0.507 bits per heavy atom. The van der Waals surface area contributed by atoms with Crippen molar-refractivity contribution < 1.29 is 90.1 Å². The second-order valence-electron chi connectivity index (χ2n) is 13.0. The lowest BCUT2D eigenvalue weighted by molar-refractivity contribution is -0.109. The van der Waals surface area contributed by atoms with Crippen LogP contribution >= 0.6 is 24.4 Å². The highest BCUT2D eigenvalue weighted by Gasteiger charge is 1.99. The van der Waals surface area contributed by atoms with Gasteiger partial charge in [0, 0.05) is 41.3 Å². The summed E-state index contributed by atoms with van der Waals surface area (Å²) < 4.78 is 96.5. The van der Waals surface area contributed by atoms with Gasteiger partial charge in [-0.25, -0.2) is 0 Å². The average molecular weight is 1040 g/mol. The lowest BCUT2D eigenvalue weighted by atomic mass is 10.6. The van der Waals surface area contributed by atoms with Crippen LogP contribution in [0.25, 0.3) is 20.9 Å². The summed E-state index contributed by atoms with van der Waals surface area (Å²) in [5.74, 6) is 1.39. The summed E-state index contributed by atoms with van der Waals surface area (Å²) in [6.45, 7) is 20.4. The molecule has 0 fully saturated rings. The number of thiol groups is 1. The number of hydrogen-bond donors (Lipinski definition) is 1. The molecule has 0 atom stereocenters. The summed E-state index contributed by atoms with van der Waals surface area (Å²) in [6, 6.07) is 0. The Bertz CT molecular complexity index is 1070. The van der Waals surface area contributed by atoms with Gasteiger partial charge in [-0.15, -0.1) is 0 Å². The number of carbonyl (C=O) groups excluding carboxylic acids is 1. The normalized spacial score (nSPS) is 11.0. The molecule has 0 aliphatic carbocycles. The molecule has 0 aromatic rings. The van der Waals surface area contributed by atoms with E-state index in [-0.39, 0.29) is 5.12 Å². The minimum atomic E-state index is 0.104. The largest absolute Gasteiger partial charge is 0.379 e. The molecule has 0 saturated carbocycles. The van der Waals surface area contributed by atoms with E-state index < -0.39 is 0 Å². The molecule has 69 heavy (non-hydrogen) atoms. The van der Waals surface area contributed by atoms with Crippen molar-refractivity contribution in [1.29, 1.82) is 0 Å². The Morgan fingerprint density at radius 3 is 0.681 bits per heavy atom. The van der Waals surface area contributed by atoms with Crippen molar-refractivity contribution in [3.05, 3.63) is 20.9 Å². The second-order valence-corrected chi connectivity index (χ2v) is 14.7. The van der Waals surface area contributed by atoms with E-state index in [0.717, 1.165) is 5.75 Å². The van der Waals surface area contributed by atoms with Gasteiger partial charge in [0.05, 0.1) is 238 Å². The van der Waals surface area contributed by atoms with Crippen molar-refractivity contribution in [3.8, 4) is 0 Å². The monoisotopic (exact) mass is 1040 g/mol. The van der Waals surface area contributed by atoms with Crippen molar-refractivity contribution in [2.24, 2.45) is 10.2 Å². The summed E-state index contributed by atoms with van der Waals surface area (Å²) in [5, 5.41) is 6.83. The highest BCUT2D eigenvalue weighted by atomic mass is 32.2. The molecule has 0 rings (SSSR count). The van der Waals surface area contributed by atoms with Crippen LogP contribution in [-0.4, -0.2) is 268 Å². The number of azide groups is 2. The maximum atomic E-state index is 10.7. The smallest absolute Gasteiger partial charge is 0.185 e. The number of ether oxygens (including phenoxy) is 18. The lowest BCUT2D eigenvalue weighted by Gasteiger charge is -2.08. The Morgan fingerprint density at radius 1 is 0.333 bits per heavy atom. The van der Waals surface area contributed by atoms with E-state index in [0.29, 0.717) is 257 Å². The van der Waals surface area contributed by atoms with Crippen LogP contribution < -0.4 is 0 Å². The predicted molar refractivity (Wildman–Crippen MR) is 260 cm³/mol. The topological polar surface area (TPSA) is 281 Å². The molecule has 0 aliphatic rings. The van der Waals surface area contributed by atoms with Gasteiger partial charge in [0.15, 0.2) is 5.12 Å². The van der Waals surface area contributed by atoms with E-state index in [1.165, 1.54) is 11.8 Å². The van der Waals surface area contributed by atoms with Gasteiger partial charge < -0.3 is 85.3 Å². The molecule has 0 N–H and O–H groups in total. The first kappa shape index (κ1) is 69.3. The maximum Gasteiger partial charge on any atom is 0.185 e. The van der Waals surface area contributed by atoms with Crippen molar-refractivity contribution in [2.75, 3.05) is 262 Å². The quantitative estimate of drug-likeness (QED) is 0.0301. The zero-order chi connectivity index (χ0) is 50.1. The highest BCUT2D eigenvalue weighted by Crippen LogP contribution is 1.99. The van der Waals surface area contributed by atoms with E-state index in [4.69, 9.17) is 96.3 Å². The van der Waals surface area contributed by atoms with E-state index in [2.05, 4.69) is 32.7 Å². The first-order valence-electron chi connectivity index (χ1n) is 23.3. The SMILES string of the molecule is CC(=O)SCCOCCOCCOCCOCCOCCOCCOCCOCCOCCN=[N+]=[N-].[N-]=[N+]=NCCOCCOCCOCCOCCOCCOCCOCCOCCOCCS. The van der Waals surface area contributed by atoms with Gasteiger partial charge in [-0.1, -0.05) is 22.0 Å². The number of nitrogens with zero attached hydrogens (tertiary/aromatic N) is 6. The predicted octanol–water partition coefficient (Wildman–Crippen LogP) is 3.10. The van der Waals surface area contributed by atoms with Gasteiger partial charge in [-0.2, -0.15) is 12.6 Å². The van der Waals surface area contributed by atoms with Gasteiger partial charge in [0.25, 0.3) is 0 Å². The molecule has 27 heteroatoms. The first-order chi connectivity index (χ1) is 34.2. The third-order valence-corrected chi connectivity index (χ3v) is 8.48. The Balaban J connectivity index is 0. The Labute approximate surface area is 418 Å². The number of carbonyl (C=O) groups is 1. The van der Waals surface area contributed by atoms with E-state index in [1.54, 1.807) is 6.92 Å². The molecule has 0 aromatic heterocycles. The lowest BCUT2D eigenvalue weighted by Crippen LogP contribution is -2.15. The third kappa shape index (κ3) is 72.9. The molecule has 408 valence electrons. The third-order valence-electron chi connectivity index (χ3n) is 7.52. The van der Waals surface area contributed by atoms with Crippen molar-refractivity contribution >= 4 is 29.5 Å². The van der Waals surface area contributed by atoms with E-state index >= 15 is 0 Å². The molecule has 0 aromatic carbocycles. The zero-order valence-electron chi connectivity index (χ0n) is 41.1. The molecule has 0 spiro atoms. The summed E-state index contributed by atoms with van der Waals surface area (Å²) in [5.41, 5.74) is 16.2. The molecule has 0 aliphatic heterocycles. The van der Waals surface area contributed by atoms with E-state index in [9.17, 15) is 4.79 Å². The van der Waals surface area contributed by atoms with Crippen molar-refractivity contribution in [1.82, 2.24) is 0 Å². The van der Waals surface area contributed by atoms with Crippen molar-refractivity contribution in [3.63, 3.8) is 0 Å². The van der Waals surface area contributed by atoms with Gasteiger partial charge in [-0.05, 0) is 11.1 Å². The number of rotatable bonds is 59. The molecule has 0 radical (unpaired) electrons. The van der Waals surface area contributed by atoms with Crippen LogP contribution in [0.15, 0.2) is 10.2 Å². The minimum Gasteiger partial charge on any atom is -0.379 e. The minimum absolute atomic E-state index is 0.104. The second kappa shape index (κ2) is 68.3. The zero-order valence-corrected chi connectivity index (χ0v) is 42.8. The molecule has 0 bridgehead atoms. The highest BCUT2D eigenvalue weighted by molar-refractivity contribution is 8.13. The maximum absolute atomic E-state index is 10.7. The van der Waals surface area contributed by atoms with Crippen molar-refractivity contribution in [2.45, 2.75) is 6.92 Å². The molecule has 0 unspecified atom stereocenters. The van der Waals surface area contributed by atoms with Gasteiger partial charge in [0.1, 0.15) is 0 Å². The fraction of sp³-hybridized carbons (Fsp3) is 0.976. The van der Waals surface area contributed by atoms with Crippen LogP contribution in [0.5, 0.6) is 0 Å². The number of hydrogen-bond acceptors (Lipinski definition) is 23. The molecule has 0 saturated heterocycles. The summed E-state index contributed by atoms with van der Waals surface area (Å²) >= 11 is 5.31.